The quantitative estimate of drug-likeness (QED) is 0.435. The normalized spacial score (nSPS) is 16.6. The van der Waals surface area contributed by atoms with Gasteiger partial charge in [-0.25, -0.2) is 10.4 Å². The number of nitrogens with zero attached hydrogens (tertiary/aromatic N) is 4. The predicted octanol–water partition coefficient (Wildman–Crippen LogP) is 4.48. The number of halogens is 2. The molecule has 0 bridgehead atoms. The first-order chi connectivity index (χ1) is 15.4. The number of hydrogen-bond donors (Lipinski definition) is 1. The lowest BCUT2D eigenvalue weighted by molar-refractivity contribution is -0.0498. The van der Waals surface area contributed by atoms with Gasteiger partial charge in [-0.05, 0) is 50.8 Å². The van der Waals surface area contributed by atoms with Crippen molar-refractivity contribution in [1.82, 2.24) is 20.2 Å². The Labute approximate surface area is 183 Å². The fraction of sp³-hybridized carbons (Fsp3) is 0.391. The number of carbonyl (C=O) groups is 1. The van der Waals surface area contributed by atoms with Gasteiger partial charge in [0.05, 0.1) is 22.4 Å². The fourth-order valence-corrected chi connectivity index (χ4v) is 3.86. The average Bonchev–Trinajstić information content (AvgIpc) is 3.68. The molecule has 3 aromatic rings. The number of benzene rings is 1. The summed E-state index contributed by atoms with van der Waals surface area (Å²) >= 11 is 0. The summed E-state index contributed by atoms with van der Waals surface area (Å²) in [5.74, 6) is 0.441. The van der Waals surface area contributed by atoms with Crippen LogP contribution in [0.3, 0.4) is 0 Å². The van der Waals surface area contributed by atoms with Crippen LogP contribution in [-0.4, -0.2) is 33.0 Å². The monoisotopic (exact) mass is 439 g/mol. The second kappa shape index (κ2) is 7.96. The second-order valence-electron chi connectivity index (χ2n) is 8.40. The van der Waals surface area contributed by atoms with Crippen LogP contribution in [0.1, 0.15) is 71.8 Å². The third-order valence-electron chi connectivity index (χ3n) is 5.85. The molecular formula is C23H23F2N5O2. The smallest absolute Gasteiger partial charge is 0.387 e. The molecule has 0 radical (unpaired) electrons. The molecule has 2 aliphatic rings. The average molecular weight is 439 g/mol. The van der Waals surface area contributed by atoms with Crippen LogP contribution in [0.25, 0.3) is 11.0 Å². The van der Waals surface area contributed by atoms with Crippen molar-refractivity contribution in [3.05, 3.63) is 52.8 Å². The van der Waals surface area contributed by atoms with Gasteiger partial charge in [0, 0.05) is 30.1 Å². The molecule has 2 aromatic heterocycles. The van der Waals surface area contributed by atoms with E-state index in [0.717, 1.165) is 48.1 Å². The zero-order valence-electron chi connectivity index (χ0n) is 17.8. The van der Waals surface area contributed by atoms with Gasteiger partial charge in [0.2, 0.25) is 0 Å². The molecule has 2 saturated carbocycles. The lowest BCUT2D eigenvalue weighted by atomic mass is 10.1. The Bertz CT molecular complexity index is 1230. The summed E-state index contributed by atoms with van der Waals surface area (Å²) in [5, 5.41) is 9.66. The SMILES string of the molecule is C/C(=N\NC(=O)c1cc(C2CC2)nc2c1c(C1CC1)nn2C)c1cccc(OC(F)F)c1. The maximum Gasteiger partial charge on any atom is 0.387 e. The minimum atomic E-state index is -2.91. The van der Waals surface area contributed by atoms with Crippen molar-refractivity contribution in [2.24, 2.45) is 12.1 Å². The first kappa shape index (κ1) is 20.5. The van der Waals surface area contributed by atoms with Crippen molar-refractivity contribution in [2.45, 2.75) is 51.1 Å². The van der Waals surface area contributed by atoms with Gasteiger partial charge in [-0.2, -0.15) is 19.0 Å². The number of aryl methyl sites for hydroxylation is 1. The Morgan fingerprint density at radius 1 is 1.22 bits per heavy atom. The molecule has 9 heteroatoms. The van der Waals surface area contributed by atoms with Crippen LogP contribution in [0.5, 0.6) is 5.75 Å². The van der Waals surface area contributed by atoms with E-state index in [-0.39, 0.29) is 11.7 Å². The highest BCUT2D eigenvalue weighted by Gasteiger charge is 2.33. The van der Waals surface area contributed by atoms with Crippen LogP contribution >= 0.6 is 0 Å². The standard InChI is InChI=1S/C23H23F2N5O2/c1-12(15-4-3-5-16(10-15)32-23(24)25)27-28-22(31)17-11-18(13-6-7-13)26-21-19(17)20(14-8-9-14)29-30(21)2/h3-5,10-11,13-14,23H,6-9H2,1-2H3,(H,28,31)/b27-12+. The Morgan fingerprint density at radius 3 is 2.66 bits per heavy atom. The highest BCUT2D eigenvalue weighted by Crippen LogP contribution is 2.45. The zero-order valence-corrected chi connectivity index (χ0v) is 17.8. The van der Waals surface area contributed by atoms with Gasteiger partial charge in [0.15, 0.2) is 5.65 Å². The summed E-state index contributed by atoms with van der Waals surface area (Å²) < 4.78 is 31.2. The van der Waals surface area contributed by atoms with E-state index < -0.39 is 6.61 Å². The number of rotatable bonds is 7. The van der Waals surface area contributed by atoms with Gasteiger partial charge in [0.1, 0.15) is 5.75 Å². The van der Waals surface area contributed by atoms with Crippen molar-refractivity contribution in [2.75, 3.05) is 0 Å². The zero-order chi connectivity index (χ0) is 22.4. The van der Waals surface area contributed by atoms with E-state index in [0.29, 0.717) is 28.7 Å². The lowest BCUT2D eigenvalue weighted by Crippen LogP contribution is -2.20. The summed E-state index contributed by atoms with van der Waals surface area (Å²) in [7, 11) is 1.86. The summed E-state index contributed by atoms with van der Waals surface area (Å²) in [5.41, 5.74) is 6.74. The minimum Gasteiger partial charge on any atom is -0.435 e. The van der Waals surface area contributed by atoms with E-state index in [4.69, 9.17) is 4.98 Å². The van der Waals surface area contributed by atoms with Gasteiger partial charge in [0.25, 0.3) is 5.91 Å². The minimum absolute atomic E-state index is 0.0349. The molecule has 2 heterocycles. The van der Waals surface area contributed by atoms with Crippen molar-refractivity contribution in [3.8, 4) is 5.75 Å². The summed E-state index contributed by atoms with van der Waals surface area (Å²) in [6, 6.07) is 8.08. The van der Waals surface area contributed by atoms with Crippen molar-refractivity contribution in [3.63, 3.8) is 0 Å². The summed E-state index contributed by atoms with van der Waals surface area (Å²) in [6.45, 7) is -1.21. The molecular weight excluding hydrogens is 416 g/mol. The molecule has 1 aromatic carbocycles. The summed E-state index contributed by atoms with van der Waals surface area (Å²) in [6.07, 6.45) is 4.26. The van der Waals surface area contributed by atoms with Gasteiger partial charge in [-0.1, -0.05) is 12.1 Å². The van der Waals surface area contributed by atoms with Crippen molar-refractivity contribution < 1.29 is 18.3 Å². The van der Waals surface area contributed by atoms with Gasteiger partial charge in [-0.15, -0.1) is 0 Å². The van der Waals surface area contributed by atoms with Gasteiger partial charge >= 0.3 is 6.61 Å². The van der Waals surface area contributed by atoms with Crippen molar-refractivity contribution >= 4 is 22.7 Å². The third-order valence-corrected chi connectivity index (χ3v) is 5.85. The number of pyridine rings is 1. The number of ether oxygens (including phenoxy) is 1. The van der Waals surface area contributed by atoms with Crippen LogP contribution in [0.15, 0.2) is 35.4 Å². The molecule has 0 aliphatic heterocycles. The van der Waals surface area contributed by atoms with E-state index in [1.807, 2.05) is 13.1 Å². The predicted molar refractivity (Wildman–Crippen MR) is 115 cm³/mol. The number of hydrazone groups is 1. The van der Waals surface area contributed by atoms with Gasteiger partial charge < -0.3 is 4.74 Å². The highest BCUT2D eigenvalue weighted by atomic mass is 19.3. The van der Waals surface area contributed by atoms with Crippen LogP contribution in [0.4, 0.5) is 8.78 Å². The Balaban J connectivity index is 1.46. The highest BCUT2D eigenvalue weighted by molar-refractivity contribution is 6.08. The lowest BCUT2D eigenvalue weighted by Gasteiger charge is -2.09. The first-order valence-corrected chi connectivity index (χ1v) is 10.7. The Morgan fingerprint density at radius 2 is 1.97 bits per heavy atom. The molecule has 32 heavy (non-hydrogen) atoms. The first-order valence-electron chi connectivity index (χ1n) is 10.7. The second-order valence-corrected chi connectivity index (χ2v) is 8.40. The van der Waals surface area contributed by atoms with E-state index in [1.165, 1.54) is 12.1 Å². The van der Waals surface area contributed by atoms with Crippen molar-refractivity contribution in [1.29, 1.82) is 0 Å². The molecule has 0 atom stereocenters. The number of carbonyl (C=O) groups excluding carboxylic acids is 1. The number of fused-ring (bicyclic) bond motifs is 1. The van der Waals surface area contributed by atoms with Crippen LogP contribution in [0.2, 0.25) is 0 Å². The Hall–Kier alpha value is -3.36. The topological polar surface area (TPSA) is 81.4 Å². The number of alkyl halides is 2. The van der Waals surface area contributed by atoms with E-state index in [1.54, 1.807) is 23.7 Å². The molecule has 0 spiro atoms. The van der Waals surface area contributed by atoms with Gasteiger partial charge in [-0.3, -0.25) is 9.48 Å². The molecule has 7 nitrogen and oxygen atoms in total. The molecule has 166 valence electrons. The van der Waals surface area contributed by atoms with Crippen LogP contribution in [-0.2, 0) is 7.05 Å². The Kier molecular flexibility index (Phi) is 5.11. The van der Waals surface area contributed by atoms with E-state index in [2.05, 4.69) is 20.4 Å². The number of amides is 1. The maximum absolute atomic E-state index is 13.2. The summed E-state index contributed by atoms with van der Waals surface area (Å²) in [4.78, 5) is 18.0. The number of hydrogen-bond acceptors (Lipinski definition) is 5. The van der Waals surface area contributed by atoms with E-state index >= 15 is 0 Å². The number of nitrogens with one attached hydrogen (secondary N) is 1. The maximum atomic E-state index is 13.2. The molecule has 1 N–H and O–H groups in total. The van der Waals surface area contributed by atoms with E-state index in [9.17, 15) is 13.6 Å². The molecule has 2 fully saturated rings. The third kappa shape index (κ3) is 4.06. The fourth-order valence-electron chi connectivity index (χ4n) is 3.86. The molecule has 0 saturated heterocycles. The molecule has 0 unspecified atom stereocenters. The largest absolute Gasteiger partial charge is 0.435 e. The number of aromatic nitrogens is 3. The van der Waals surface area contributed by atoms with Crippen LogP contribution < -0.4 is 10.2 Å². The molecule has 2 aliphatic carbocycles. The molecule has 5 rings (SSSR count). The molecule has 1 amide bonds. The van der Waals surface area contributed by atoms with Crippen LogP contribution in [0, 0.1) is 0 Å².